The fourth-order valence-corrected chi connectivity index (χ4v) is 1.45. The number of hydrogen-bond acceptors (Lipinski definition) is 5. The van der Waals surface area contributed by atoms with E-state index in [0.717, 1.165) is 10.4 Å². The third kappa shape index (κ3) is 3.02. The molecule has 0 aliphatic heterocycles. The van der Waals surface area contributed by atoms with Gasteiger partial charge < -0.3 is 9.84 Å². The average molecular weight is 269 g/mol. The Hall–Kier alpha value is -1.43. The topological polar surface area (TPSA) is 63.8 Å². The second-order valence-corrected chi connectivity index (χ2v) is 3.67. The quantitative estimate of drug-likeness (QED) is 0.858. The summed E-state index contributed by atoms with van der Waals surface area (Å²) in [4.78, 5) is 8.15. The third-order valence-electron chi connectivity index (χ3n) is 1.77. The van der Waals surface area contributed by atoms with Crippen molar-refractivity contribution in [1.82, 2.24) is 15.1 Å². The lowest BCUT2D eigenvalue weighted by atomic mass is 10.4. The van der Waals surface area contributed by atoms with E-state index in [4.69, 9.17) is 4.52 Å². The predicted molar refractivity (Wildman–Crippen MR) is 58.4 cm³/mol. The average Bonchev–Trinajstić information content (AvgIpc) is 2.71. The fraction of sp³-hybridized carbons (Fsp3) is 0.222. The largest absolute Gasteiger partial charge is 0.370 e. The van der Waals surface area contributed by atoms with Crippen molar-refractivity contribution in [3.05, 3.63) is 35.0 Å². The Balaban J connectivity index is 1.83. The predicted octanol–water partition coefficient (Wildman–Crippen LogP) is 1.88. The molecular formula is C9H9BrN4O. The Kier molecular flexibility index (Phi) is 3.29. The lowest BCUT2D eigenvalue weighted by Crippen LogP contribution is -2.06. The number of pyridine rings is 1. The van der Waals surface area contributed by atoms with E-state index in [1.807, 2.05) is 18.2 Å². The number of halogens is 1. The molecule has 0 unspecified atom stereocenters. The second kappa shape index (κ2) is 4.88. The molecule has 2 rings (SSSR count). The maximum atomic E-state index is 4.86. The van der Waals surface area contributed by atoms with E-state index in [1.165, 1.54) is 6.33 Å². The van der Waals surface area contributed by atoms with Crippen LogP contribution in [0.25, 0.3) is 0 Å². The Labute approximate surface area is 95.0 Å². The van der Waals surface area contributed by atoms with Crippen molar-refractivity contribution in [1.29, 1.82) is 0 Å². The molecule has 0 aromatic carbocycles. The van der Waals surface area contributed by atoms with E-state index >= 15 is 0 Å². The van der Waals surface area contributed by atoms with Gasteiger partial charge in [-0.1, -0.05) is 11.2 Å². The molecule has 1 N–H and O–H groups in total. The first-order valence-corrected chi connectivity index (χ1v) is 5.26. The third-order valence-corrected chi connectivity index (χ3v) is 2.21. The van der Waals surface area contributed by atoms with Crippen LogP contribution in [0.3, 0.4) is 0 Å². The summed E-state index contributed by atoms with van der Waals surface area (Å²) in [6.07, 6.45) is 2.08. The molecular weight excluding hydrogens is 260 g/mol. The molecule has 0 spiro atoms. The summed E-state index contributed by atoms with van der Waals surface area (Å²) in [5.74, 6) is 1.45. The molecule has 0 aliphatic carbocycles. The van der Waals surface area contributed by atoms with E-state index in [2.05, 4.69) is 36.4 Å². The number of aromatic nitrogens is 3. The normalized spacial score (nSPS) is 10.2. The first-order chi connectivity index (χ1) is 7.34. The lowest BCUT2D eigenvalue weighted by Gasteiger charge is -2.03. The first-order valence-electron chi connectivity index (χ1n) is 4.46. The van der Waals surface area contributed by atoms with Gasteiger partial charge in [-0.15, -0.1) is 0 Å². The molecule has 0 bridgehead atoms. The van der Waals surface area contributed by atoms with Gasteiger partial charge >= 0.3 is 0 Å². The summed E-state index contributed by atoms with van der Waals surface area (Å²) in [5.41, 5.74) is 0. The number of rotatable bonds is 4. The molecule has 2 aromatic heterocycles. The van der Waals surface area contributed by atoms with E-state index in [1.54, 1.807) is 0 Å². The second-order valence-electron chi connectivity index (χ2n) is 2.86. The van der Waals surface area contributed by atoms with Crippen LogP contribution in [0.2, 0.25) is 0 Å². The zero-order valence-corrected chi connectivity index (χ0v) is 9.44. The number of nitrogens with zero attached hydrogens (tertiary/aromatic N) is 3. The zero-order chi connectivity index (χ0) is 10.5. The monoisotopic (exact) mass is 268 g/mol. The molecule has 0 saturated heterocycles. The summed E-state index contributed by atoms with van der Waals surface area (Å²) in [7, 11) is 0. The van der Waals surface area contributed by atoms with E-state index < -0.39 is 0 Å². The maximum absolute atomic E-state index is 4.86. The van der Waals surface area contributed by atoms with Crippen LogP contribution in [0.4, 0.5) is 5.82 Å². The minimum absolute atomic E-state index is 0.623. The first kappa shape index (κ1) is 10.1. The summed E-state index contributed by atoms with van der Waals surface area (Å²) in [6, 6.07) is 5.70. The van der Waals surface area contributed by atoms with Crippen molar-refractivity contribution in [3.63, 3.8) is 0 Å². The molecule has 2 heterocycles. The van der Waals surface area contributed by atoms with Gasteiger partial charge in [0.15, 0.2) is 6.33 Å². The number of anilines is 1. The smallest absolute Gasteiger partial charge is 0.228 e. The molecule has 0 fully saturated rings. The number of hydrogen-bond donors (Lipinski definition) is 1. The van der Waals surface area contributed by atoms with Crippen LogP contribution in [0.15, 0.2) is 33.7 Å². The van der Waals surface area contributed by atoms with Gasteiger partial charge in [0.1, 0.15) is 10.4 Å². The van der Waals surface area contributed by atoms with Crippen LogP contribution in [0.5, 0.6) is 0 Å². The van der Waals surface area contributed by atoms with Crippen molar-refractivity contribution in [2.24, 2.45) is 0 Å². The maximum Gasteiger partial charge on any atom is 0.228 e. The molecule has 78 valence electrons. The molecule has 5 nitrogen and oxygen atoms in total. The molecule has 0 aliphatic rings. The van der Waals surface area contributed by atoms with Gasteiger partial charge in [0.2, 0.25) is 5.89 Å². The Morgan fingerprint density at radius 3 is 3.07 bits per heavy atom. The van der Waals surface area contributed by atoms with Crippen LogP contribution >= 0.6 is 15.9 Å². The van der Waals surface area contributed by atoms with Crippen LogP contribution in [-0.2, 0) is 6.42 Å². The van der Waals surface area contributed by atoms with Crippen molar-refractivity contribution >= 4 is 21.7 Å². The minimum Gasteiger partial charge on any atom is -0.370 e. The van der Waals surface area contributed by atoms with Gasteiger partial charge in [-0.05, 0) is 28.1 Å². The van der Waals surface area contributed by atoms with Crippen LogP contribution in [0, 0.1) is 0 Å². The molecule has 0 radical (unpaired) electrons. The van der Waals surface area contributed by atoms with Gasteiger partial charge in [0.05, 0.1) is 0 Å². The van der Waals surface area contributed by atoms with Gasteiger partial charge in [-0.3, -0.25) is 0 Å². The van der Waals surface area contributed by atoms with Gasteiger partial charge in [0, 0.05) is 13.0 Å². The van der Waals surface area contributed by atoms with Crippen molar-refractivity contribution in [2.45, 2.75) is 6.42 Å². The van der Waals surface area contributed by atoms with Crippen molar-refractivity contribution in [3.8, 4) is 0 Å². The summed E-state index contributed by atoms with van der Waals surface area (Å²) in [6.45, 7) is 0.714. The minimum atomic E-state index is 0.623. The standard InChI is InChI=1S/C9H9BrN4O/c10-7-2-1-3-8(14-7)11-5-4-9-12-6-13-15-9/h1-3,6H,4-5H2,(H,11,14). The zero-order valence-electron chi connectivity index (χ0n) is 7.85. The SMILES string of the molecule is Brc1cccc(NCCc2ncno2)n1. The highest BCUT2D eigenvalue weighted by Gasteiger charge is 1.99. The van der Waals surface area contributed by atoms with Crippen LogP contribution < -0.4 is 5.32 Å². The molecule has 0 atom stereocenters. The van der Waals surface area contributed by atoms with Crippen molar-refractivity contribution < 1.29 is 4.52 Å². The van der Waals surface area contributed by atoms with Crippen LogP contribution in [0.1, 0.15) is 5.89 Å². The molecule has 0 saturated carbocycles. The Bertz CT molecular complexity index is 418. The highest BCUT2D eigenvalue weighted by atomic mass is 79.9. The summed E-state index contributed by atoms with van der Waals surface area (Å²) < 4.78 is 5.67. The highest BCUT2D eigenvalue weighted by molar-refractivity contribution is 9.10. The van der Waals surface area contributed by atoms with Crippen LogP contribution in [-0.4, -0.2) is 21.7 Å². The van der Waals surface area contributed by atoms with E-state index in [9.17, 15) is 0 Å². The van der Waals surface area contributed by atoms with Gasteiger partial charge in [-0.25, -0.2) is 4.98 Å². The summed E-state index contributed by atoms with van der Waals surface area (Å²) >= 11 is 3.30. The fourth-order valence-electron chi connectivity index (χ4n) is 1.11. The van der Waals surface area contributed by atoms with Gasteiger partial charge in [-0.2, -0.15) is 4.98 Å². The lowest BCUT2D eigenvalue weighted by molar-refractivity contribution is 0.379. The summed E-state index contributed by atoms with van der Waals surface area (Å²) in [5, 5.41) is 6.68. The molecule has 0 amide bonds. The van der Waals surface area contributed by atoms with Crippen molar-refractivity contribution in [2.75, 3.05) is 11.9 Å². The Morgan fingerprint density at radius 1 is 1.40 bits per heavy atom. The van der Waals surface area contributed by atoms with Gasteiger partial charge in [0.25, 0.3) is 0 Å². The molecule has 2 aromatic rings. The Morgan fingerprint density at radius 2 is 2.33 bits per heavy atom. The van der Waals surface area contributed by atoms with E-state index in [0.29, 0.717) is 18.9 Å². The molecule has 6 heteroatoms. The number of nitrogens with one attached hydrogen (secondary N) is 1. The highest BCUT2D eigenvalue weighted by Crippen LogP contribution is 2.09. The molecule has 15 heavy (non-hydrogen) atoms. The van der Waals surface area contributed by atoms with E-state index in [-0.39, 0.29) is 0 Å².